The predicted octanol–water partition coefficient (Wildman–Crippen LogP) is 1.60. The molecule has 9 nitrogen and oxygen atoms in total. The van der Waals surface area contributed by atoms with E-state index in [4.69, 9.17) is 0 Å². The summed E-state index contributed by atoms with van der Waals surface area (Å²) in [7, 11) is 1.60. The van der Waals surface area contributed by atoms with Crippen LogP contribution < -0.4 is 16.3 Å². The Hall–Kier alpha value is -3.49. The van der Waals surface area contributed by atoms with Crippen molar-refractivity contribution in [3.05, 3.63) is 56.2 Å². The maximum Gasteiger partial charge on any atom is 0.332 e. The summed E-state index contributed by atoms with van der Waals surface area (Å²) in [4.78, 5) is 42.8. The second-order valence-electron chi connectivity index (χ2n) is 7.79. The molecule has 3 heterocycles. The van der Waals surface area contributed by atoms with Gasteiger partial charge in [0.05, 0.1) is 18.3 Å². The van der Waals surface area contributed by atoms with E-state index in [1.807, 2.05) is 45.0 Å². The van der Waals surface area contributed by atoms with Gasteiger partial charge in [-0.15, -0.1) is 0 Å². The van der Waals surface area contributed by atoms with E-state index in [-0.39, 0.29) is 30.6 Å². The molecular weight excluding hydrogens is 384 g/mol. The fourth-order valence-electron chi connectivity index (χ4n) is 3.80. The van der Waals surface area contributed by atoms with Crippen molar-refractivity contribution in [3.8, 4) is 0 Å². The zero-order valence-electron chi connectivity index (χ0n) is 17.7. The maximum absolute atomic E-state index is 13.5. The first-order chi connectivity index (χ1) is 14.2. The Morgan fingerprint density at radius 1 is 1.17 bits per heavy atom. The Bertz CT molecular complexity index is 1330. The zero-order chi connectivity index (χ0) is 21.7. The van der Waals surface area contributed by atoms with Gasteiger partial charge < -0.3 is 0 Å². The summed E-state index contributed by atoms with van der Waals surface area (Å²) in [5, 5.41) is 5.97. The van der Waals surface area contributed by atoms with Crippen molar-refractivity contribution in [2.24, 2.45) is 12.1 Å². The second-order valence-corrected chi connectivity index (χ2v) is 7.79. The number of hydrazone groups is 1. The molecule has 1 unspecified atom stereocenters. The minimum Gasteiger partial charge on any atom is -0.298 e. The Labute approximate surface area is 172 Å². The van der Waals surface area contributed by atoms with E-state index in [1.165, 1.54) is 21.1 Å². The molecule has 0 saturated heterocycles. The number of aryl methyl sites for hydroxylation is 2. The molecule has 0 bridgehead atoms. The predicted molar refractivity (Wildman–Crippen MR) is 115 cm³/mol. The average Bonchev–Trinajstić information content (AvgIpc) is 3.10. The molecule has 0 radical (unpaired) electrons. The molecule has 0 saturated carbocycles. The van der Waals surface area contributed by atoms with Crippen molar-refractivity contribution in [2.75, 3.05) is 11.6 Å². The topological polar surface area (TPSA) is 94.5 Å². The van der Waals surface area contributed by atoms with E-state index >= 15 is 0 Å². The lowest BCUT2D eigenvalue weighted by atomic mass is 10.1. The third-order valence-corrected chi connectivity index (χ3v) is 5.62. The minimum atomic E-state index is -0.436. The molecule has 9 heteroatoms. The zero-order valence-corrected chi connectivity index (χ0v) is 17.7. The number of anilines is 1. The molecule has 0 amide bonds. The smallest absolute Gasteiger partial charge is 0.298 e. The third-order valence-electron chi connectivity index (χ3n) is 5.62. The molecule has 0 aliphatic carbocycles. The van der Waals surface area contributed by atoms with Gasteiger partial charge in [-0.3, -0.25) is 23.3 Å². The first-order valence-corrected chi connectivity index (χ1v) is 9.79. The maximum atomic E-state index is 13.5. The van der Waals surface area contributed by atoms with E-state index in [0.717, 1.165) is 16.8 Å². The van der Waals surface area contributed by atoms with Crippen LogP contribution in [0, 0.1) is 6.92 Å². The summed E-state index contributed by atoms with van der Waals surface area (Å²) in [5.74, 6) is 0.310. The number of benzene rings is 1. The molecule has 1 aliphatic rings. The van der Waals surface area contributed by atoms with Gasteiger partial charge in [0, 0.05) is 7.05 Å². The SMILES string of the molecule is CC(=O)CN1N=C(C)C(C)n2c1nc1c2c(=O)n(Cc2ccccc2C)c(=O)n1C. The molecule has 1 atom stereocenters. The highest BCUT2D eigenvalue weighted by molar-refractivity contribution is 5.92. The Morgan fingerprint density at radius 2 is 1.87 bits per heavy atom. The van der Waals surface area contributed by atoms with Crippen LogP contribution in [0.15, 0.2) is 39.0 Å². The summed E-state index contributed by atoms with van der Waals surface area (Å²) in [5.41, 5.74) is 2.43. The number of nitrogens with zero attached hydrogens (tertiary/aromatic N) is 6. The molecule has 1 aromatic carbocycles. The van der Waals surface area contributed by atoms with Gasteiger partial charge in [-0.1, -0.05) is 24.3 Å². The Balaban J connectivity index is 2.00. The molecule has 30 heavy (non-hydrogen) atoms. The standard InChI is InChI=1S/C21H24N6O3/c1-12-8-6-7-9-16(12)11-25-19(29)17-18(24(5)21(25)30)22-20-26(10-13(2)28)23-14(3)15(4)27(17)20/h6-9,15H,10-11H2,1-5H3. The number of hydrogen-bond acceptors (Lipinski definition) is 6. The van der Waals surface area contributed by atoms with Gasteiger partial charge in [0.25, 0.3) is 5.56 Å². The number of carbonyl (C=O) groups excluding carboxylic acids is 1. The largest absolute Gasteiger partial charge is 0.332 e. The highest BCUT2D eigenvalue weighted by Crippen LogP contribution is 2.29. The normalized spacial score (nSPS) is 16.0. The van der Waals surface area contributed by atoms with Crippen molar-refractivity contribution in [1.82, 2.24) is 18.7 Å². The highest BCUT2D eigenvalue weighted by atomic mass is 16.2. The third kappa shape index (κ3) is 2.97. The number of ketones is 1. The van der Waals surface area contributed by atoms with Crippen molar-refractivity contribution < 1.29 is 4.79 Å². The van der Waals surface area contributed by atoms with Crippen LogP contribution >= 0.6 is 0 Å². The number of fused-ring (bicyclic) bond motifs is 3. The molecule has 2 aromatic heterocycles. The fourth-order valence-corrected chi connectivity index (χ4v) is 3.80. The number of Topliss-reactive ketones (excluding diaryl/α,β-unsaturated/α-hetero) is 1. The molecule has 4 rings (SSSR count). The molecule has 0 spiro atoms. The van der Waals surface area contributed by atoms with Gasteiger partial charge in [0.2, 0.25) is 5.95 Å². The molecule has 3 aromatic rings. The second kappa shape index (κ2) is 7.08. The molecule has 1 aliphatic heterocycles. The van der Waals surface area contributed by atoms with E-state index in [9.17, 15) is 14.4 Å². The number of imidazole rings is 1. The summed E-state index contributed by atoms with van der Waals surface area (Å²) in [6.45, 7) is 7.41. The van der Waals surface area contributed by atoms with E-state index in [1.54, 1.807) is 11.6 Å². The van der Waals surface area contributed by atoms with Crippen LogP contribution in [0.4, 0.5) is 5.95 Å². The lowest BCUT2D eigenvalue weighted by molar-refractivity contribution is -0.115. The first kappa shape index (κ1) is 19.8. The number of carbonyl (C=O) groups is 1. The number of rotatable bonds is 4. The molecule has 156 valence electrons. The Kier molecular flexibility index (Phi) is 4.68. The molecule has 0 N–H and O–H groups in total. The summed E-state index contributed by atoms with van der Waals surface area (Å²) in [6, 6.07) is 7.43. The van der Waals surface area contributed by atoms with Gasteiger partial charge >= 0.3 is 5.69 Å². The summed E-state index contributed by atoms with van der Waals surface area (Å²) >= 11 is 0. The van der Waals surface area contributed by atoms with Gasteiger partial charge in [0.1, 0.15) is 6.54 Å². The van der Waals surface area contributed by atoms with Crippen molar-refractivity contribution in [1.29, 1.82) is 0 Å². The lowest BCUT2D eigenvalue weighted by Crippen LogP contribution is -2.41. The van der Waals surface area contributed by atoms with Crippen LogP contribution in [-0.4, -0.2) is 36.7 Å². The van der Waals surface area contributed by atoms with E-state index in [2.05, 4.69) is 10.1 Å². The van der Waals surface area contributed by atoms with Crippen LogP contribution in [-0.2, 0) is 18.4 Å². The first-order valence-electron chi connectivity index (χ1n) is 9.79. The average molecular weight is 408 g/mol. The van der Waals surface area contributed by atoms with Crippen LogP contribution in [0.3, 0.4) is 0 Å². The van der Waals surface area contributed by atoms with Gasteiger partial charge in [0.15, 0.2) is 16.9 Å². The Morgan fingerprint density at radius 3 is 2.53 bits per heavy atom. The minimum absolute atomic E-state index is 0.0404. The van der Waals surface area contributed by atoms with Crippen LogP contribution in [0.1, 0.15) is 37.9 Å². The molecule has 0 fully saturated rings. The quantitative estimate of drug-likeness (QED) is 0.654. The lowest BCUT2D eigenvalue weighted by Gasteiger charge is -2.28. The number of aromatic nitrogens is 4. The van der Waals surface area contributed by atoms with Crippen LogP contribution in [0.25, 0.3) is 11.2 Å². The van der Waals surface area contributed by atoms with Crippen LogP contribution in [0.5, 0.6) is 0 Å². The van der Waals surface area contributed by atoms with E-state index < -0.39 is 11.2 Å². The van der Waals surface area contributed by atoms with Crippen molar-refractivity contribution in [3.63, 3.8) is 0 Å². The molecular formula is C21H24N6O3. The van der Waals surface area contributed by atoms with Crippen molar-refractivity contribution >= 4 is 28.6 Å². The summed E-state index contributed by atoms with van der Waals surface area (Å²) < 4.78 is 4.40. The monoisotopic (exact) mass is 408 g/mol. The highest BCUT2D eigenvalue weighted by Gasteiger charge is 2.31. The number of hydrogen-bond donors (Lipinski definition) is 0. The van der Waals surface area contributed by atoms with Gasteiger partial charge in [-0.05, 0) is 38.8 Å². The van der Waals surface area contributed by atoms with E-state index in [0.29, 0.717) is 11.5 Å². The van der Waals surface area contributed by atoms with Gasteiger partial charge in [-0.2, -0.15) is 10.1 Å². The fraction of sp³-hybridized carbons (Fsp3) is 0.381. The van der Waals surface area contributed by atoms with Gasteiger partial charge in [-0.25, -0.2) is 9.80 Å². The van der Waals surface area contributed by atoms with Crippen LogP contribution in [0.2, 0.25) is 0 Å². The van der Waals surface area contributed by atoms with Crippen molar-refractivity contribution in [2.45, 2.75) is 40.3 Å². The summed E-state index contributed by atoms with van der Waals surface area (Å²) in [6.07, 6.45) is 0.